The highest BCUT2D eigenvalue weighted by molar-refractivity contribution is 5.88. The highest BCUT2D eigenvalue weighted by Gasteiger charge is 2.41. The summed E-state index contributed by atoms with van der Waals surface area (Å²) in [5, 5.41) is 12.8. The number of carboxylic acid groups (broad SMARTS) is 1. The van der Waals surface area contributed by atoms with E-state index in [-0.39, 0.29) is 42.9 Å². The minimum absolute atomic E-state index is 0.0609. The third-order valence-corrected chi connectivity index (χ3v) is 4.19. The Labute approximate surface area is 151 Å². The SMILES string of the molecule is CCOC(=O)N1CCc2c(c(C(F)(F)F)nn2-c2cccc(C(=O)O)c2)C1. The molecule has 3 rings (SSSR count). The average molecular weight is 383 g/mol. The second-order valence-electron chi connectivity index (χ2n) is 5.91. The van der Waals surface area contributed by atoms with Gasteiger partial charge in [0.1, 0.15) is 0 Å². The number of hydrogen-bond acceptors (Lipinski definition) is 4. The van der Waals surface area contributed by atoms with Crippen molar-refractivity contribution in [1.29, 1.82) is 0 Å². The summed E-state index contributed by atoms with van der Waals surface area (Å²) in [6.07, 6.45) is -5.26. The third kappa shape index (κ3) is 3.60. The van der Waals surface area contributed by atoms with Crippen LogP contribution >= 0.6 is 0 Å². The van der Waals surface area contributed by atoms with Crippen molar-refractivity contribution in [1.82, 2.24) is 14.7 Å². The number of alkyl halides is 3. The van der Waals surface area contributed by atoms with Crippen molar-refractivity contribution in [3.05, 3.63) is 46.8 Å². The van der Waals surface area contributed by atoms with Gasteiger partial charge in [-0.15, -0.1) is 0 Å². The number of aromatic carboxylic acids is 1. The largest absolute Gasteiger partial charge is 0.478 e. The topological polar surface area (TPSA) is 84.7 Å². The molecule has 0 radical (unpaired) electrons. The van der Waals surface area contributed by atoms with Crippen molar-refractivity contribution in [2.45, 2.75) is 26.1 Å². The predicted octanol–water partition coefficient (Wildman–Crippen LogP) is 3.10. The van der Waals surface area contributed by atoms with E-state index in [4.69, 9.17) is 9.84 Å². The van der Waals surface area contributed by atoms with Crippen LogP contribution in [-0.2, 0) is 23.9 Å². The van der Waals surface area contributed by atoms with Crippen molar-refractivity contribution in [2.24, 2.45) is 0 Å². The minimum Gasteiger partial charge on any atom is -0.478 e. The number of rotatable bonds is 3. The summed E-state index contributed by atoms with van der Waals surface area (Å²) in [7, 11) is 0. The van der Waals surface area contributed by atoms with E-state index in [0.29, 0.717) is 5.69 Å². The molecule has 0 unspecified atom stereocenters. The predicted molar refractivity (Wildman–Crippen MR) is 86.7 cm³/mol. The lowest BCUT2D eigenvalue weighted by molar-refractivity contribution is -0.142. The summed E-state index contributed by atoms with van der Waals surface area (Å²) in [5.74, 6) is -1.19. The van der Waals surface area contributed by atoms with E-state index in [1.165, 1.54) is 29.2 Å². The number of benzene rings is 1. The standard InChI is InChI=1S/C17H16F3N3O4/c1-2-27-16(26)22-7-6-13-12(9-22)14(17(18,19)20)21-23(13)11-5-3-4-10(8-11)15(24)25/h3-5,8H,2,6-7,9H2,1H3,(H,24,25). The zero-order valence-corrected chi connectivity index (χ0v) is 14.3. The molecule has 1 amide bonds. The Balaban J connectivity index is 2.08. The van der Waals surface area contributed by atoms with E-state index in [1.54, 1.807) is 6.92 Å². The van der Waals surface area contributed by atoms with Crippen LogP contribution in [0.15, 0.2) is 24.3 Å². The highest BCUT2D eigenvalue weighted by Crippen LogP contribution is 2.36. The molecule has 0 bridgehead atoms. The second kappa shape index (κ2) is 6.93. The Morgan fingerprint density at radius 2 is 2.07 bits per heavy atom. The summed E-state index contributed by atoms with van der Waals surface area (Å²) < 4.78 is 46.4. The van der Waals surface area contributed by atoms with Crippen molar-refractivity contribution in [3.63, 3.8) is 0 Å². The highest BCUT2D eigenvalue weighted by atomic mass is 19.4. The fraction of sp³-hybridized carbons (Fsp3) is 0.353. The Kier molecular flexibility index (Phi) is 4.81. The van der Waals surface area contributed by atoms with E-state index in [9.17, 15) is 22.8 Å². The molecule has 0 fully saturated rings. The molecule has 1 N–H and O–H groups in total. The van der Waals surface area contributed by atoms with Gasteiger partial charge in [-0.2, -0.15) is 18.3 Å². The minimum atomic E-state index is -4.71. The van der Waals surface area contributed by atoms with Gasteiger partial charge in [0.2, 0.25) is 0 Å². The number of carbonyl (C=O) groups excluding carboxylic acids is 1. The molecule has 10 heteroatoms. The van der Waals surface area contributed by atoms with Crippen molar-refractivity contribution in [2.75, 3.05) is 13.2 Å². The fourth-order valence-electron chi connectivity index (χ4n) is 3.00. The third-order valence-electron chi connectivity index (χ3n) is 4.19. The lowest BCUT2D eigenvalue weighted by Gasteiger charge is -2.27. The first-order valence-corrected chi connectivity index (χ1v) is 8.15. The van der Waals surface area contributed by atoms with E-state index >= 15 is 0 Å². The summed E-state index contributed by atoms with van der Waals surface area (Å²) in [4.78, 5) is 24.2. The Bertz CT molecular complexity index is 892. The molecule has 0 saturated carbocycles. The van der Waals surface area contributed by atoms with Crippen LogP contribution in [0.1, 0.15) is 34.2 Å². The van der Waals surface area contributed by atoms with Crippen LogP contribution in [0.4, 0.5) is 18.0 Å². The second-order valence-corrected chi connectivity index (χ2v) is 5.91. The number of carboxylic acids is 1. The normalized spacial score (nSPS) is 14.0. The van der Waals surface area contributed by atoms with Crippen LogP contribution < -0.4 is 0 Å². The van der Waals surface area contributed by atoms with Crippen molar-refractivity contribution < 1.29 is 32.6 Å². The first-order valence-electron chi connectivity index (χ1n) is 8.15. The maximum atomic E-state index is 13.5. The number of carbonyl (C=O) groups is 2. The zero-order valence-electron chi connectivity index (χ0n) is 14.3. The number of ether oxygens (including phenoxy) is 1. The molecule has 1 aromatic carbocycles. The fourth-order valence-corrected chi connectivity index (χ4v) is 3.00. The van der Waals surface area contributed by atoms with Gasteiger partial charge in [0.25, 0.3) is 0 Å². The molecule has 2 heterocycles. The molecule has 27 heavy (non-hydrogen) atoms. The molecule has 1 aliphatic rings. The van der Waals surface area contributed by atoms with Crippen molar-refractivity contribution >= 4 is 12.1 Å². The van der Waals surface area contributed by atoms with Crippen LogP contribution in [0.5, 0.6) is 0 Å². The molecule has 7 nitrogen and oxygen atoms in total. The molecule has 1 aliphatic heterocycles. The quantitative estimate of drug-likeness (QED) is 0.881. The number of amides is 1. The Hall–Kier alpha value is -3.04. The Morgan fingerprint density at radius 1 is 1.33 bits per heavy atom. The molecule has 1 aromatic heterocycles. The number of hydrogen-bond donors (Lipinski definition) is 1. The van der Waals surface area contributed by atoms with Crippen molar-refractivity contribution in [3.8, 4) is 5.69 Å². The number of fused-ring (bicyclic) bond motifs is 1. The van der Waals surface area contributed by atoms with Gasteiger partial charge < -0.3 is 14.7 Å². The van der Waals surface area contributed by atoms with E-state index in [1.807, 2.05) is 0 Å². The van der Waals surface area contributed by atoms with Gasteiger partial charge in [0, 0.05) is 18.5 Å². The molecular formula is C17H16F3N3O4. The van der Waals surface area contributed by atoms with Crippen LogP contribution in [0, 0.1) is 0 Å². The Morgan fingerprint density at radius 3 is 2.70 bits per heavy atom. The maximum absolute atomic E-state index is 13.5. The number of nitrogens with zero attached hydrogens (tertiary/aromatic N) is 3. The van der Waals surface area contributed by atoms with Gasteiger partial charge in [-0.1, -0.05) is 6.07 Å². The number of halogens is 3. The lowest BCUT2D eigenvalue weighted by Crippen LogP contribution is -2.37. The zero-order chi connectivity index (χ0) is 19.8. The summed E-state index contributed by atoms with van der Waals surface area (Å²) in [6, 6.07) is 5.52. The summed E-state index contributed by atoms with van der Waals surface area (Å²) >= 11 is 0. The smallest absolute Gasteiger partial charge is 0.435 e. The molecule has 2 aromatic rings. The molecule has 0 atom stereocenters. The number of aromatic nitrogens is 2. The van der Waals surface area contributed by atoms with Crippen LogP contribution in [-0.4, -0.2) is 45.0 Å². The molecule has 0 saturated heterocycles. The lowest BCUT2D eigenvalue weighted by atomic mass is 10.0. The summed E-state index contributed by atoms with van der Waals surface area (Å²) in [6.45, 7) is 1.63. The van der Waals surface area contributed by atoms with Gasteiger partial charge in [-0.25, -0.2) is 14.3 Å². The first kappa shape index (κ1) is 18.7. The van der Waals surface area contributed by atoms with Gasteiger partial charge in [0.05, 0.1) is 30.1 Å². The van der Waals surface area contributed by atoms with Gasteiger partial charge in [-0.05, 0) is 25.1 Å². The van der Waals surface area contributed by atoms with Crippen LogP contribution in [0.25, 0.3) is 5.69 Å². The molecule has 0 spiro atoms. The summed E-state index contributed by atoms with van der Waals surface area (Å²) in [5.41, 5.74) is -0.749. The van der Waals surface area contributed by atoms with Gasteiger partial charge >= 0.3 is 18.2 Å². The first-order chi connectivity index (χ1) is 12.7. The molecule has 144 valence electrons. The van der Waals surface area contributed by atoms with Gasteiger partial charge in [0.15, 0.2) is 5.69 Å². The van der Waals surface area contributed by atoms with E-state index in [2.05, 4.69) is 5.10 Å². The monoisotopic (exact) mass is 383 g/mol. The van der Waals surface area contributed by atoms with Crippen LogP contribution in [0.3, 0.4) is 0 Å². The van der Waals surface area contributed by atoms with E-state index in [0.717, 1.165) is 4.68 Å². The maximum Gasteiger partial charge on any atom is 0.435 e. The molecule has 0 aliphatic carbocycles. The van der Waals surface area contributed by atoms with E-state index < -0.39 is 23.9 Å². The van der Waals surface area contributed by atoms with Gasteiger partial charge in [-0.3, -0.25) is 0 Å². The average Bonchev–Trinajstić information content (AvgIpc) is 3.01. The molecular weight excluding hydrogens is 367 g/mol. The van der Waals surface area contributed by atoms with Crippen LogP contribution in [0.2, 0.25) is 0 Å².